The maximum absolute atomic E-state index is 12.5. The SMILES string of the molecule is Cc1ccc(NC(=O)C(C)n2nc(C)c([N+](=O)[O-])c2C)c(C)c1. The van der Waals surface area contributed by atoms with E-state index >= 15 is 0 Å². The predicted molar refractivity (Wildman–Crippen MR) is 87.6 cm³/mol. The number of carbonyl (C=O) groups is 1. The Kier molecular flexibility index (Phi) is 4.49. The van der Waals surface area contributed by atoms with Crippen molar-refractivity contribution in [2.45, 2.75) is 40.7 Å². The van der Waals surface area contributed by atoms with Crippen LogP contribution in [0.4, 0.5) is 11.4 Å². The summed E-state index contributed by atoms with van der Waals surface area (Å²) >= 11 is 0. The smallest absolute Gasteiger partial charge is 0.312 e. The lowest BCUT2D eigenvalue weighted by Crippen LogP contribution is -2.25. The lowest BCUT2D eigenvalue weighted by atomic mass is 10.1. The molecular weight excluding hydrogens is 296 g/mol. The van der Waals surface area contributed by atoms with Crippen LogP contribution in [0, 0.1) is 37.8 Å². The minimum atomic E-state index is -0.650. The first-order chi connectivity index (χ1) is 10.7. The van der Waals surface area contributed by atoms with Gasteiger partial charge in [0.1, 0.15) is 17.4 Å². The second kappa shape index (κ2) is 6.20. The summed E-state index contributed by atoms with van der Waals surface area (Å²) in [5, 5.41) is 18.1. The summed E-state index contributed by atoms with van der Waals surface area (Å²) in [6.07, 6.45) is 0. The van der Waals surface area contributed by atoms with Crippen LogP contribution in [0.5, 0.6) is 0 Å². The van der Waals surface area contributed by atoms with Gasteiger partial charge in [0.05, 0.1) is 4.92 Å². The minimum absolute atomic E-state index is 0.0452. The second-order valence-electron chi connectivity index (χ2n) is 5.70. The third-order valence-corrected chi connectivity index (χ3v) is 3.86. The van der Waals surface area contributed by atoms with Crippen LogP contribution in [-0.2, 0) is 4.79 Å². The molecule has 0 bridgehead atoms. The number of amides is 1. The molecule has 0 saturated carbocycles. The quantitative estimate of drug-likeness (QED) is 0.692. The van der Waals surface area contributed by atoms with Crippen LogP contribution in [0.25, 0.3) is 0 Å². The number of nitrogens with one attached hydrogen (secondary N) is 1. The lowest BCUT2D eigenvalue weighted by molar-refractivity contribution is -0.386. The third-order valence-electron chi connectivity index (χ3n) is 3.86. The summed E-state index contributed by atoms with van der Waals surface area (Å²) in [6, 6.07) is 5.09. The average Bonchev–Trinajstić information content (AvgIpc) is 2.76. The summed E-state index contributed by atoms with van der Waals surface area (Å²) in [7, 11) is 0. The maximum Gasteiger partial charge on any atom is 0.312 e. The van der Waals surface area contributed by atoms with Crippen LogP contribution in [-0.4, -0.2) is 20.6 Å². The van der Waals surface area contributed by atoms with Gasteiger partial charge in [0.2, 0.25) is 5.91 Å². The van der Waals surface area contributed by atoms with Crippen LogP contribution in [0.1, 0.15) is 35.5 Å². The topological polar surface area (TPSA) is 90.1 Å². The summed E-state index contributed by atoms with van der Waals surface area (Å²) in [4.78, 5) is 23.0. The van der Waals surface area contributed by atoms with Gasteiger partial charge >= 0.3 is 5.69 Å². The van der Waals surface area contributed by atoms with E-state index in [1.165, 1.54) is 4.68 Å². The summed E-state index contributed by atoms with van der Waals surface area (Å²) < 4.78 is 1.40. The summed E-state index contributed by atoms with van der Waals surface area (Å²) in [5.41, 5.74) is 3.43. The van der Waals surface area contributed by atoms with Gasteiger partial charge in [-0.25, -0.2) is 0 Å². The van der Waals surface area contributed by atoms with E-state index in [9.17, 15) is 14.9 Å². The van der Waals surface area contributed by atoms with Crippen LogP contribution in [0.3, 0.4) is 0 Å². The molecule has 0 radical (unpaired) electrons. The Morgan fingerprint density at radius 3 is 2.48 bits per heavy atom. The molecule has 0 aliphatic rings. The van der Waals surface area contributed by atoms with Crippen LogP contribution in [0.2, 0.25) is 0 Å². The van der Waals surface area contributed by atoms with Crippen molar-refractivity contribution < 1.29 is 9.72 Å². The molecule has 1 aromatic heterocycles. The zero-order valence-electron chi connectivity index (χ0n) is 13.9. The van der Waals surface area contributed by atoms with Crippen molar-refractivity contribution in [3.05, 3.63) is 50.8 Å². The molecule has 1 atom stereocenters. The molecular formula is C16H20N4O3. The molecule has 7 nitrogen and oxygen atoms in total. The Balaban J connectivity index is 2.27. The Bertz CT molecular complexity index is 780. The molecule has 0 spiro atoms. The fraction of sp³-hybridized carbons (Fsp3) is 0.375. The normalized spacial score (nSPS) is 12.0. The van der Waals surface area contributed by atoms with E-state index in [1.807, 2.05) is 32.0 Å². The van der Waals surface area contributed by atoms with E-state index in [0.717, 1.165) is 16.8 Å². The minimum Gasteiger partial charge on any atom is -0.324 e. The average molecular weight is 316 g/mol. The molecule has 122 valence electrons. The number of aromatic nitrogens is 2. The highest BCUT2D eigenvalue weighted by molar-refractivity contribution is 5.94. The standard InChI is InChI=1S/C16H20N4O3/c1-9-6-7-14(10(2)8-9)17-16(21)13(5)19-12(4)15(20(22)23)11(3)18-19/h6-8,13H,1-5H3,(H,17,21). The van der Waals surface area contributed by atoms with Crippen molar-refractivity contribution in [2.24, 2.45) is 0 Å². The molecule has 0 aliphatic carbocycles. The van der Waals surface area contributed by atoms with Crippen LogP contribution >= 0.6 is 0 Å². The molecule has 1 heterocycles. The lowest BCUT2D eigenvalue weighted by Gasteiger charge is -2.15. The number of nitro groups is 1. The van der Waals surface area contributed by atoms with Gasteiger partial charge < -0.3 is 5.32 Å². The first kappa shape index (κ1) is 16.7. The molecule has 7 heteroatoms. The van der Waals surface area contributed by atoms with E-state index in [4.69, 9.17) is 0 Å². The maximum atomic E-state index is 12.5. The number of benzene rings is 1. The number of nitrogens with zero attached hydrogens (tertiary/aromatic N) is 3. The van der Waals surface area contributed by atoms with Gasteiger partial charge in [0.25, 0.3) is 0 Å². The van der Waals surface area contributed by atoms with E-state index in [-0.39, 0.29) is 11.6 Å². The number of hydrogen-bond acceptors (Lipinski definition) is 4. The Hall–Kier alpha value is -2.70. The Morgan fingerprint density at radius 2 is 1.96 bits per heavy atom. The van der Waals surface area contributed by atoms with Gasteiger partial charge in [0, 0.05) is 5.69 Å². The fourth-order valence-corrected chi connectivity index (χ4v) is 2.60. The van der Waals surface area contributed by atoms with Crippen molar-refractivity contribution in [2.75, 3.05) is 5.32 Å². The van der Waals surface area contributed by atoms with Gasteiger partial charge in [-0.3, -0.25) is 19.6 Å². The molecule has 2 aromatic rings. The number of anilines is 1. The molecule has 1 N–H and O–H groups in total. The first-order valence-corrected chi connectivity index (χ1v) is 7.30. The molecule has 0 fully saturated rings. The molecule has 1 amide bonds. The van der Waals surface area contributed by atoms with Crippen molar-refractivity contribution >= 4 is 17.3 Å². The van der Waals surface area contributed by atoms with Crippen LogP contribution in [0.15, 0.2) is 18.2 Å². The van der Waals surface area contributed by atoms with Gasteiger partial charge in [0.15, 0.2) is 0 Å². The highest BCUT2D eigenvalue weighted by Gasteiger charge is 2.27. The highest BCUT2D eigenvalue weighted by atomic mass is 16.6. The molecule has 1 unspecified atom stereocenters. The zero-order chi connectivity index (χ0) is 17.3. The molecule has 0 saturated heterocycles. The number of hydrogen-bond donors (Lipinski definition) is 1. The molecule has 2 rings (SSSR count). The Morgan fingerprint density at radius 1 is 1.30 bits per heavy atom. The fourth-order valence-electron chi connectivity index (χ4n) is 2.60. The van der Waals surface area contributed by atoms with Gasteiger partial charge in [-0.05, 0) is 46.2 Å². The first-order valence-electron chi connectivity index (χ1n) is 7.30. The molecule has 1 aromatic carbocycles. The monoisotopic (exact) mass is 316 g/mol. The van der Waals surface area contributed by atoms with Crippen molar-refractivity contribution in [3.8, 4) is 0 Å². The van der Waals surface area contributed by atoms with Crippen LogP contribution < -0.4 is 5.32 Å². The van der Waals surface area contributed by atoms with Crippen molar-refractivity contribution in [1.29, 1.82) is 0 Å². The Labute approximate surface area is 134 Å². The van der Waals surface area contributed by atoms with Crippen molar-refractivity contribution in [1.82, 2.24) is 9.78 Å². The summed E-state index contributed by atoms with van der Waals surface area (Å²) in [6.45, 7) is 8.73. The number of carbonyl (C=O) groups excluding carboxylic acids is 1. The molecule has 0 aliphatic heterocycles. The summed E-state index contributed by atoms with van der Waals surface area (Å²) in [5.74, 6) is -0.266. The van der Waals surface area contributed by atoms with E-state index in [0.29, 0.717) is 11.4 Å². The van der Waals surface area contributed by atoms with Gasteiger partial charge in [-0.1, -0.05) is 17.7 Å². The second-order valence-corrected chi connectivity index (χ2v) is 5.70. The van der Waals surface area contributed by atoms with Gasteiger partial charge in [-0.2, -0.15) is 5.10 Å². The van der Waals surface area contributed by atoms with Crippen molar-refractivity contribution in [3.63, 3.8) is 0 Å². The van der Waals surface area contributed by atoms with E-state index in [1.54, 1.807) is 20.8 Å². The highest BCUT2D eigenvalue weighted by Crippen LogP contribution is 2.25. The predicted octanol–water partition coefficient (Wildman–Crippen LogP) is 3.22. The number of aryl methyl sites for hydroxylation is 3. The van der Waals surface area contributed by atoms with Gasteiger partial charge in [-0.15, -0.1) is 0 Å². The largest absolute Gasteiger partial charge is 0.324 e. The molecule has 23 heavy (non-hydrogen) atoms. The van der Waals surface area contributed by atoms with E-state index in [2.05, 4.69) is 10.4 Å². The zero-order valence-corrected chi connectivity index (χ0v) is 13.9. The number of rotatable bonds is 4. The van der Waals surface area contributed by atoms with E-state index < -0.39 is 11.0 Å². The third kappa shape index (κ3) is 3.23.